The monoisotopic (exact) mass is 292 g/mol. The Morgan fingerprint density at radius 3 is 2.81 bits per heavy atom. The molecule has 3 nitrogen and oxygen atoms in total. The van der Waals surface area contributed by atoms with Crippen molar-refractivity contribution in [2.75, 3.05) is 6.61 Å². The minimum absolute atomic E-state index is 0.0569. The molecule has 118 valence electrons. The summed E-state index contributed by atoms with van der Waals surface area (Å²) in [6, 6.07) is 0. The topological polar surface area (TPSA) is 35.5 Å². The average Bonchev–Trinajstić information content (AvgIpc) is 2.44. The van der Waals surface area contributed by atoms with E-state index in [1.807, 2.05) is 13.8 Å². The number of hydrogen-bond acceptors (Lipinski definition) is 3. The van der Waals surface area contributed by atoms with Crippen LogP contribution in [-0.2, 0) is 14.3 Å². The van der Waals surface area contributed by atoms with Crippen LogP contribution in [0.4, 0.5) is 0 Å². The van der Waals surface area contributed by atoms with Crippen LogP contribution in [0.5, 0.6) is 0 Å². The zero-order valence-corrected chi connectivity index (χ0v) is 13.8. The number of allylic oxidation sites excluding steroid dienone is 1. The van der Waals surface area contributed by atoms with Crippen molar-refractivity contribution in [3.63, 3.8) is 0 Å². The van der Waals surface area contributed by atoms with E-state index in [4.69, 9.17) is 9.47 Å². The predicted molar refractivity (Wildman–Crippen MR) is 84.0 cm³/mol. The van der Waals surface area contributed by atoms with E-state index in [0.29, 0.717) is 18.9 Å². The number of carbonyl (C=O) groups is 1. The zero-order valence-electron chi connectivity index (χ0n) is 13.8. The van der Waals surface area contributed by atoms with E-state index in [1.165, 1.54) is 6.42 Å². The molecule has 0 aromatic heterocycles. The van der Waals surface area contributed by atoms with E-state index in [-0.39, 0.29) is 17.2 Å². The summed E-state index contributed by atoms with van der Waals surface area (Å²) in [5.74, 6) is 0.395. The minimum Gasteiger partial charge on any atom is -0.461 e. The first-order chi connectivity index (χ1) is 9.87. The Bertz CT molecular complexity index is 451. The van der Waals surface area contributed by atoms with E-state index >= 15 is 0 Å². The van der Waals surface area contributed by atoms with Gasteiger partial charge in [-0.1, -0.05) is 25.2 Å². The summed E-state index contributed by atoms with van der Waals surface area (Å²) in [7, 11) is 0. The van der Waals surface area contributed by atoms with Gasteiger partial charge in [0, 0.05) is 12.3 Å². The highest BCUT2D eigenvalue weighted by Gasteiger charge is 2.47. The largest absolute Gasteiger partial charge is 0.461 e. The molecule has 3 rings (SSSR count). The van der Waals surface area contributed by atoms with Crippen molar-refractivity contribution in [2.24, 2.45) is 5.92 Å². The van der Waals surface area contributed by atoms with Crippen LogP contribution in [-0.4, -0.2) is 23.8 Å². The van der Waals surface area contributed by atoms with Crippen LogP contribution in [0.25, 0.3) is 0 Å². The number of fused-ring (bicyclic) bond motifs is 2. The normalized spacial score (nSPS) is 35.0. The van der Waals surface area contributed by atoms with Crippen LogP contribution in [0.15, 0.2) is 23.8 Å². The molecule has 3 heteroatoms. The number of ether oxygens (including phenoxy) is 2. The maximum atomic E-state index is 11.1. The van der Waals surface area contributed by atoms with Gasteiger partial charge in [0.1, 0.15) is 6.61 Å². The summed E-state index contributed by atoms with van der Waals surface area (Å²) in [5.41, 5.74) is 0.987. The van der Waals surface area contributed by atoms with E-state index in [0.717, 1.165) is 24.8 Å². The molecule has 0 saturated carbocycles. The third kappa shape index (κ3) is 3.97. The Labute approximate surface area is 128 Å². The van der Waals surface area contributed by atoms with Gasteiger partial charge >= 0.3 is 5.97 Å². The van der Waals surface area contributed by atoms with Crippen LogP contribution in [0.3, 0.4) is 0 Å². The van der Waals surface area contributed by atoms with Gasteiger partial charge in [0.15, 0.2) is 0 Å². The SMILES string of the molecule is CCC(=O)OCC(C)=CCCC1(C)OC2(C)C=CC1CC2. The lowest BCUT2D eigenvalue weighted by molar-refractivity contribution is -0.184. The van der Waals surface area contributed by atoms with Crippen molar-refractivity contribution in [3.05, 3.63) is 23.8 Å². The third-order valence-electron chi connectivity index (χ3n) is 4.77. The summed E-state index contributed by atoms with van der Waals surface area (Å²) in [6.07, 6.45) is 11.5. The predicted octanol–water partition coefficient (Wildman–Crippen LogP) is 4.18. The van der Waals surface area contributed by atoms with Crippen molar-refractivity contribution in [1.82, 2.24) is 0 Å². The molecule has 0 aromatic rings. The molecule has 0 amide bonds. The molecule has 2 aliphatic heterocycles. The van der Waals surface area contributed by atoms with Crippen molar-refractivity contribution in [1.29, 1.82) is 0 Å². The van der Waals surface area contributed by atoms with Crippen LogP contribution in [0.2, 0.25) is 0 Å². The Morgan fingerprint density at radius 1 is 1.48 bits per heavy atom. The molecule has 3 unspecified atom stereocenters. The van der Waals surface area contributed by atoms with Gasteiger partial charge in [-0.15, -0.1) is 0 Å². The summed E-state index contributed by atoms with van der Waals surface area (Å²) in [5, 5.41) is 0. The van der Waals surface area contributed by atoms with E-state index in [9.17, 15) is 4.79 Å². The molecule has 1 saturated heterocycles. The lowest BCUT2D eigenvalue weighted by Crippen LogP contribution is -2.52. The van der Waals surface area contributed by atoms with Crippen molar-refractivity contribution in [2.45, 2.75) is 71.0 Å². The highest BCUT2D eigenvalue weighted by Crippen LogP contribution is 2.47. The second-order valence-electron chi connectivity index (χ2n) is 6.84. The Morgan fingerprint density at radius 2 is 2.24 bits per heavy atom. The highest BCUT2D eigenvalue weighted by atomic mass is 16.5. The first-order valence-corrected chi connectivity index (χ1v) is 8.08. The van der Waals surface area contributed by atoms with Gasteiger partial charge in [0.25, 0.3) is 0 Å². The van der Waals surface area contributed by atoms with Crippen LogP contribution in [0.1, 0.15) is 59.8 Å². The minimum atomic E-state index is -0.138. The van der Waals surface area contributed by atoms with Gasteiger partial charge in [-0.2, -0.15) is 0 Å². The Hall–Kier alpha value is -1.09. The molecular weight excluding hydrogens is 264 g/mol. The molecule has 1 aliphatic carbocycles. The van der Waals surface area contributed by atoms with E-state index in [1.54, 1.807) is 0 Å². The van der Waals surface area contributed by atoms with Crippen LogP contribution >= 0.6 is 0 Å². The molecule has 0 N–H and O–H groups in total. The maximum absolute atomic E-state index is 11.1. The Kier molecular flexibility index (Phi) is 4.92. The standard InChI is InChI=1S/C18H28O3/c1-5-16(19)20-13-14(2)7-6-10-18(4)15-8-11-17(3,21-18)12-9-15/h7-8,11,15H,5-6,9-10,12-13H2,1-4H3. The molecule has 0 spiro atoms. The van der Waals surface area contributed by atoms with Gasteiger partial charge in [-0.3, -0.25) is 4.79 Å². The molecule has 2 bridgehead atoms. The summed E-state index contributed by atoms with van der Waals surface area (Å²) in [4.78, 5) is 11.1. The summed E-state index contributed by atoms with van der Waals surface area (Å²) < 4.78 is 11.5. The van der Waals surface area contributed by atoms with Gasteiger partial charge < -0.3 is 9.47 Å². The summed E-state index contributed by atoms with van der Waals surface area (Å²) >= 11 is 0. The number of hydrogen-bond donors (Lipinski definition) is 0. The van der Waals surface area contributed by atoms with Gasteiger partial charge in [-0.05, 0) is 52.0 Å². The Balaban J connectivity index is 1.83. The van der Waals surface area contributed by atoms with E-state index in [2.05, 4.69) is 32.1 Å². The van der Waals surface area contributed by atoms with Gasteiger partial charge in [0.2, 0.25) is 0 Å². The van der Waals surface area contributed by atoms with Crippen LogP contribution < -0.4 is 0 Å². The molecule has 3 atom stereocenters. The molecule has 2 heterocycles. The molecular formula is C18H28O3. The fourth-order valence-electron chi connectivity index (χ4n) is 3.34. The van der Waals surface area contributed by atoms with E-state index < -0.39 is 0 Å². The highest BCUT2D eigenvalue weighted by molar-refractivity contribution is 5.69. The number of carbonyl (C=O) groups excluding carboxylic acids is 1. The van der Waals surface area contributed by atoms with Crippen molar-refractivity contribution < 1.29 is 14.3 Å². The lowest BCUT2D eigenvalue weighted by atomic mass is 9.71. The second kappa shape index (κ2) is 6.35. The van der Waals surface area contributed by atoms with Crippen molar-refractivity contribution >= 4 is 5.97 Å². The van der Waals surface area contributed by atoms with Crippen molar-refractivity contribution in [3.8, 4) is 0 Å². The number of esters is 1. The fraction of sp³-hybridized carbons (Fsp3) is 0.722. The quantitative estimate of drug-likeness (QED) is 0.544. The van der Waals surface area contributed by atoms with Gasteiger partial charge in [0.05, 0.1) is 11.2 Å². The van der Waals surface area contributed by atoms with Crippen LogP contribution in [0, 0.1) is 5.92 Å². The maximum Gasteiger partial charge on any atom is 0.305 e. The summed E-state index contributed by atoms with van der Waals surface area (Å²) in [6.45, 7) is 8.65. The second-order valence-corrected chi connectivity index (χ2v) is 6.84. The molecule has 0 radical (unpaired) electrons. The first-order valence-electron chi connectivity index (χ1n) is 8.08. The average molecular weight is 292 g/mol. The first kappa shape index (κ1) is 16.3. The van der Waals surface area contributed by atoms with Gasteiger partial charge in [-0.25, -0.2) is 0 Å². The number of rotatable bonds is 6. The molecule has 1 fully saturated rings. The molecule has 21 heavy (non-hydrogen) atoms. The smallest absolute Gasteiger partial charge is 0.305 e. The fourth-order valence-corrected chi connectivity index (χ4v) is 3.34. The lowest BCUT2D eigenvalue weighted by Gasteiger charge is -2.52. The third-order valence-corrected chi connectivity index (χ3v) is 4.77. The molecule has 0 aromatic carbocycles. The molecule has 3 aliphatic rings. The zero-order chi connectivity index (χ0) is 15.5.